The highest BCUT2D eigenvalue weighted by Crippen LogP contribution is 2.64. The summed E-state index contributed by atoms with van der Waals surface area (Å²) >= 11 is 0. The average Bonchev–Trinajstić information content (AvgIpc) is 3.49. The number of aliphatic hydroxyl groups is 7. The van der Waals surface area contributed by atoms with E-state index in [0.29, 0.717) is 39.1 Å². The molecule has 7 rings (SSSR count). The summed E-state index contributed by atoms with van der Waals surface area (Å²) in [5, 5.41) is 81.8. The van der Waals surface area contributed by atoms with Crippen molar-refractivity contribution in [2.24, 2.45) is 0 Å². The van der Waals surface area contributed by atoms with Crippen molar-refractivity contribution in [3.05, 3.63) is 137 Å². The maximum absolute atomic E-state index is 12.1. The molecule has 0 amide bonds. The van der Waals surface area contributed by atoms with Crippen molar-refractivity contribution in [2.75, 3.05) is 4.90 Å². The Morgan fingerprint density at radius 3 is 1.29 bits per heavy atom. The third kappa shape index (κ3) is 4.72. The van der Waals surface area contributed by atoms with E-state index in [1.807, 2.05) is 79.4 Å². The molecule has 0 spiro atoms. The number of rotatable bonds is 7. The molecule has 0 aliphatic heterocycles. The van der Waals surface area contributed by atoms with Crippen LogP contribution in [0.2, 0.25) is 0 Å². The van der Waals surface area contributed by atoms with E-state index in [9.17, 15) is 35.7 Å². The SMILES string of the molecule is Cc1ccc(N(c2ccc(C)cc2)c2ccc3c(c2)C(C(C)(C)O)(C(O)(O)O)c2cc4c(cc2-3)C(C(C)(C)O)(C(C)(O)O)c2ccccc2-4)cc1. The predicted octanol–water partition coefficient (Wildman–Crippen LogP) is 6.18. The summed E-state index contributed by atoms with van der Waals surface area (Å²) in [4.78, 5) is 2.02. The molecule has 0 aromatic heterocycles. The quantitative estimate of drug-likeness (QED) is 0.101. The van der Waals surface area contributed by atoms with Gasteiger partial charge in [-0.25, -0.2) is 0 Å². The van der Waals surface area contributed by atoms with Gasteiger partial charge in [-0.15, -0.1) is 0 Å². The van der Waals surface area contributed by atoms with E-state index in [-0.39, 0.29) is 11.1 Å². The molecule has 5 aromatic rings. The third-order valence-electron chi connectivity index (χ3n) is 11.2. The Labute approximate surface area is 298 Å². The molecule has 2 unspecified atom stereocenters. The number of fused-ring (bicyclic) bond motifs is 6. The van der Waals surface area contributed by atoms with Crippen molar-refractivity contribution in [2.45, 2.75) is 82.3 Å². The van der Waals surface area contributed by atoms with E-state index in [0.717, 1.165) is 22.5 Å². The summed E-state index contributed by atoms with van der Waals surface area (Å²) in [6.07, 6.45) is 0. The highest BCUT2D eigenvalue weighted by Gasteiger charge is 2.67. The Bertz CT molecular complexity index is 2090. The predicted molar refractivity (Wildman–Crippen MR) is 198 cm³/mol. The normalized spacial score (nSPS) is 19.7. The second-order valence-electron chi connectivity index (χ2n) is 15.5. The van der Waals surface area contributed by atoms with Crippen LogP contribution in [-0.4, -0.2) is 58.7 Å². The maximum atomic E-state index is 12.1. The zero-order valence-electron chi connectivity index (χ0n) is 29.9. The van der Waals surface area contributed by atoms with Gasteiger partial charge in [0, 0.05) is 17.1 Å². The van der Waals surface area contributed by atoms with Crippen LogP contribution >= 0.6 is 0 Å². The molecule has 0 saturated heterocycles. The van der Waals surface area contributed by atoms with Crippen LogP contribution < -0.4 is 4.90 Å². The lowest BCUT2D eigenvalue weighted by Gasteiger charge is -2.49. The Hall–Kier alpha value is -4.38. The fourth-order valence-corrected chi connectivity index (χ4v) is 9.23. The number of hydrogen-bond acceptors (Lipinski definition) is 8. The molecule has 5 aromatic carbocycles. The van der Waals surface area contributed by atoms with Crippen LogP contribution in [0.15, 0.2) is 103 Å². The van der Waals surface area contributed by atoms with E-state index in [2.05, 4.69) is 0 Å². The van der Waals surface area contributed by atoms with E-state index in [4.69, 9.17) is 0 Å². The van der Waals surface area contributed by atoms with Gasteiger partial charge in [-0.2, -0.15) is 0 Å². The van der Waals surface area contributed by atoms with Crippen molar-refractivity contribution in [1.29, 1.82) is 0 Å². The van der Waals surface area contributed by atoms with Gasteiger partial charge in [0.05, 0.1) is 11.2 Å². The number of benzene rings is 5. The third-order valence-corrected chi connectivity index (χ3v) is 11.2. The Kier molecular flexibility index (Phi) is 7.60. The molecule has 2 aliphatic rings. The lowest BCUT2D eigenvalue weighted by atomic mass is 9.61. The first-order valence-electron chi connectivity index (χ1n) is 17.1. The second kappa shape index (κ2) is 11.1. The molecular formula is C43H45NO7. The van der Waals surface area contributed by atoms with Gasteiger partial charge in [0.1, 0.15) is 10.8 Å². The van der Waals surface area contributed by atoms with Gasteiger partial charge in [-0.3, -0.25) is 0 Å². The van der Waals surface area contributed by atoms with Crippen LogP contribution in [0.4, 0.5) is 17.1 Å². The first-order valence-corrected chi connectivity index (χ1v) is 17.1. The molecule has 51 heavy (non-hydrogen) atoms. The molecule has 0 saturated carbocycles. The zero-order chi connectivity index (χ0) is 37.1. The van der Waals surface area contributed by atoms with Crippen LogP contribution in [0, 0.1) is 13.8 Å². The zero-order valence-corrected chi connectivity index (χ0v) is 29.9. The van der Waals surface area contributed by atoms with Gasteiger partial charge < -0.3 is 40.6 Å². The van der Waals surface area contributed by atoms with Crippen molar-refractivity contribution >= 4 is 17.1 Å². The molecule has 0 radical (unpaired) electrons. The van der Waals surface area contributed by atoms with E-state index < -0.39 is 33.8 Å². The van der Waals surface area contributed by atoms with E-state index in [1.165, 1.54) is 34.6 Å². The standard InChI is InChI=1S/C43H45NO7/c1-25-12-16-27(17-13-25)44(28-18-14-26(2)15-19-28)29-20-21-31-33-23-36-32(24-37(33)42(35(31)22-29,39(5,6)46)43(49,50)51)30-10-8-9-11-34(30)41(36,38(3,4)45)40(7,47)48/h8-24,45-51H,1-7H3. The molecule has 0 heterocycles. The number of aryl methyl sites for hydroxylation is 2. The summed E-state index contributed by atoms with van der Waals surface area (Å²) in [6.45, 7) is 11.2. The van der Waals surface area contributed by atoms with Crippen molar-refractivity contribution in [3.8, 4) is 22.3 Å². The van der Waals surface area contributed by atoms with Gasteiger partial charge in [-0.05, 0) is 142 Å². The van der Waals surface area contributed by atoms with Gasteiger partial charge in [0.15, 0.2) is 5.79 Å². The van der Waals surface area contributed by atoms with Crippen molar-refractivity contribution in [3.63, 3.8) is 0 Å². The fraction of sp³-hybridized carbons (Fsp3) is 0.302. The summed E-state index contributed by atoms with van der Waals surface area (Å²) in [6, 6.07) is 32.0. The molecule has 7 N–H and O–H groups in total. The average molecular weight is 688 g/mol. The Morgan fingerprint density at radius 1 is 0.431 bits per heavy atom. The van der Waals surface area contributed by atoms with Crippen molar-refractivity contribution < 1.29 is 35.7 Å². The topological polar surface area (TPSA) is 145 Å². The first-order chi connectivity index (χ1) is 23.7. The molecule has 0 bridgehead atoms. The molecular weight excluding hydrogens is 642 g/mol. The van der Waals surface area contributed by atoms with Crippen LogP contribution in [-0.2, 0) is 10.8 Å². The monoisotopic (exact) mass is 687 g/mol. The number of nitrogens with zero attached hydrogens (tertiary/aromatic N) is 1. The Morgan fingerprint density at radius 2 is 0.843 bits per heavy atom. The first kappa shape index (κ1) is 35.0. The summed E-state index contributed by atoms with van der Waals surface area (Å²) in [5.41, 5.74) is 0.184. The highest BCUT2D eigenvalue weighted by atomic mass is 16.7. The fourth-order valence-electron chi connectivity index (χ4n) is 9.23. The lowest BCUT2D eigenvalue weighted by Crippen LogP contribution is -2.63. The molecule has 264 valence electrons. The minimum atomic E-state index is -3.48. The summed E-state index contributed by atoms with van der Waals surface area (Å²) < 4.78 is 0. The minimum Gasteiger partial charge on any atom is -0.389 e. The van der Waals surface area contributed by atoms with Crippen molar-refractivity contribution in [1.82, 2.24) is 0 Å². The smallest absolute Gasteiger partial charge is 0.292 e. The highest BCUT2D eigenvalue weighted by molar-refractivity contribution is 5.93. The van der Waals surface area contributed by atoms with Crippen LogP contribution in [0.3, 0.4) is 0 Å². The van der Waals surface area contributed by atoms with E-state index in [1.54, 1.807) is 42.5 Å². The number of hydrogen-bond donors (Lipinski definition) is 7. The number of anilines is 3. The molecule has 8 nitrogen and oxygen atoms in total. The van der Waals surface area contributed by atoms with Gasteiger partial charge in [-0.1, -0.05) is 65.7 Å². The van der Waals surface area contributed by atoms with Gasteiger partial charge in [0.2, 0.25) is 0 Å². The molecule has 2 aliphatic carbocycles. The lowest BCUT2D eigenvalue weighted by molar-refractivity contribution is -0.364. The van der Waals surface area contributed by atoms with Crippen LogP contribution in [0.25, 0.3) is 22.3 Å². The summed E-state index contributed by atoms with van der Waals surface area (Å²) in [5.74, 6) is -5.94. The largest absolute Gasteiger partial charge is 0.389 e. The van der Waals surface area contributed by atoms with Gasteiger partial charge in [0.25, 0.3) is 5.97 Å². The van der Waals surface area contributed by atoms with E-state index >= 15 is 0 Å². The maximum Gasteiger partial charge on any atom is 0.292 e. The minimum absolute atomic E-state index is 0.226. The molecule has 0 fully saturated rings. The van der Waals surface area contributed by atoms with Crippen LogP contribution in [0.5, 0.6) is 0 Å². The Balaban J connectivity index is 1.58. The van der Waals surface area contributed by atoms with Crippen LogP contribution in [0.1, 0.15) is 68.0 Å². The summed E-state index contributed by atoms with van der Waals surface area (Å²) in [7, 11) is 0. The van der Waals surface area contributed by atoms with Gasteiger partial charge >= 0.3 is 0 Å². The second-order valence-corrected chi connectivity index (χ2v) is 15.5. The molecule has 2 atom stereocenters. The molecule has 8 heteroatoms.